The van der Waals surface area contributed by atoms with Gasteiger partial charge < -0.3 is 8.85 Å². The first kappa shape index (κ1) is 12.2. The van der Waals surface area contributed by atoms with Gasteiger partial charge in [-0.2, -0.15) is 0 Å². The predicted octanol–water partition coefficient (Wildman–Crippen LogP) is 2.86. The van der Waals surface area contributed by atoms with Gasteiger partial charge in [0.25, 0.3) is 0 Å². The minimum Gasteiger partial charge on any atom is -0.400 e. The van der Waals surface area contributed by atoms with Gasteiger partial charge >= 0.3 is 9.28 Å². The van der Waals surface area contributed by atoms with Crippen LogP contribution in [-0.2, 0) is 8.85 Å². The van der Waals surface area contributed by atoms with Crippen LogP contribution in [-0.4, -0.2) is 23.5 Å². The fourth-order valence-corrected chi connectivity index (χ4v) is 3.66. The summed E-state index contributed by atoms with van der Waals surface area (Å²) in [5.74, 6) is 1.04. The molecule has 0 unspecified atom stereocenters. The molecule has 0 amide bonds. The highest BCUT2D eigenvalue weighted by atomic mass is 28.3. The lowest BCUT2D eigenvalue weighted by molar-refractivity contribution is 0.275. The van der Waals surface area contributed by atoms with E-state index in [2.05, 4.69) is 0 Å². The molecule has 0 spiro atoms. The van der Waals surface area contributed by atoms with Crippen LogP contribution >= 0.6 is 0 Å². The summed E-state index contributed by atoms with van der Waals surface area (Å²) >= 11 is 0. The Hall–Kier alpha value is 0.137. The summed E-state index contributed by atoms with van der Waals surface area (Å²) in [5, 5.41) is 0. The maximum Gasteiger partial charge on any atom is 0.320 e. The predicted molar refractivity (Wildman–Crippen MR) is 61.8 cm³/mol. The molecule has 1 saturated carbocycles. The highest BCUT2D eigenvalue weighted by molar-refractivity contribution is 6.44. The van der Waals surface area contributed by atoms with E-state index in [1.54, 1.807) is 14.2 Å². The molecule has 2 nitrogen and oxygen atoms in total. The third-order valence-electron chi connectivity index (χ3n) is 3.30. The summed E-state index contributed by atoms with van der Waals surface area (Å²) in [4.78, 5) is 0. The van der Waals surface area contributed by atoms with Crippen molar-refractivity contribution in [1.29, 1.82) is 0 Å². The van der Waals surface area contributed by atoms with Crippen molar-refractivity contribution in [3.05, 3.63) is 0 Å². The number of hydrogen-bond donors (Lipinski definition) is 0. The summed E-state index contributed by atoms with van der Waals surface area (Å²) < 4.78 is 10.6. The number of unbranched alkanes of at least 4 members (excludes halogenated alkanes) is 1. The van der Waals surface area contributed by atoms with E-state index in [0.29, 0.717) is 0 Å². The van der Waals surface area contributed by atoms with E-state index in [0.717, 1.165) is 5.92 Å². The zero-order valence-electron chi connectivity index (χ0n) is 9.63. The molecular formula is C11H24O2Si. The molecular weight excluding hydrogens is 192 g/mol. The summed E-state index contributed by atoms with van der Waals surface area (Å²) in [7, 11) is 2.29. The molecule has 0 radical (unpaired) electrons. The Morgan fingerprint density at radius 1 is 1.07 bits per heavy atom. The Balaban J connectivity index is 1.92. The van der Waals surface area contributed by atoms with Gasteiger partial charge in [-0.3, -0.25) is 0 Å². The molecule has 0 heterocycles. The van der Waals surface area contributed by atoms with E-state index in [-0.39, 0.29) is 0 Å². The first-order valence-corrected chi connectivity index (χ1v) is 7.68. The molecule has 1 aliphatic carbocycles. The summed E-state index contributed by atoms with van der Waals surface area (Å²) in [5.41, 5.74) is 0. The van der Waals surface area contributed by atoms with Crippen molar-refractivity contribution >= 4 is 9.28 Å². The quantitative estimate of drug-likeness (QED) is 0.481. The molecule has 0 saturated heterocycles. The lowest BCUT2D eigenvalue weighted by Crippen LogP contribution is -2.18. The van der Waals surface area contributed by atoms with Gasteiger partial charge in [0.05, 0.1) is 0 Å². The second-order valence-corrected chi connectivity index (χ2v) is 6.72. The van der Waals surface area contributed by atoms with E-state index in [4.69, 9.17) is 8.85 Å². The molecule has 0 aromatic heterocycles. The van der Waals surface area contributed by atoms with Crippen LogP contribution in [0.2, 0.25) is 6.04 Å². The van der Waals surface area contributed by atoms with Crippen molar-refractivity contribution in [3.63, 3.8) is 0 Å². The molecule has 0 bridgehead atoms. The topological polar surface area (TPSA) is 18.5 Å². The van der Waals surface area contributed by atoms with Crippen molar-refractivity contribution < 1.29 is 8.85 Å². The average molecular weight is 216 g/mol. The van der Waals surface area contributed by atoms with Crippen molar-refractivity contribution in [3.8, 4) is 0 Å². The summed E-state index contributed by atoms with van der Waals surface area (Å²) in [6, 6.07) is 1.18. The molecule has 0 atom stereocenters. The van der Waals surface area contributed by atoms with Gasteiger partial charge in [0.2, 0.25) is 0 Å². The molecule has 84 valence electrons. The van der Waals surface area contributed by atoms with E-state index >= 15 is 0 Å². The van der Waals surface area contributed by atoms with Crippen LogP contribution in [0.3, 0.4) is 0 Å². The normalized spacial score (nSPS) is 18.2. The molecule has 1 rings (SSSR count). The van der Waals surface area contributed by atoms with Crippen LogP contribution in [0.4, 0.5) is 0 Å². The van der Waals surface area contributed by atoms with Crippen LogP contribution in [0.5, 0.6) is 0 Å². The molecule has 0 N–H and O–H groups in total. The molecule has 1 fully saturated rings. The van der Waals surface area contributed by atoms with Crippen LogP contribution in [0.25, 0.3) is 0 Å². The molecule has 3 heteroatoms. The molecule has 0 aliphatic heterocycles. The highest BCUT2D eigenvalue weighted by Crippen LogP contribution is 2.29. The second-order valence-electron chi connectivity index (χ2n) is 4.34. The maximum atomic E-state index is 5.29. The minimum atomic E-state index is -1.26. The first-order chi connectivity index (χ1) is 6.86. The van der Waals surface area contributed by atoms with Crippen molar-refractivity contribution in [2.75, 3.05) is 14.2 Å². The van der Waals surface area contributed by atoms with Crippen molar-refractivity contribution in [1.82, 2.24) is 0 Å². The number of rotatable bonds is 7. The fraction of sp³-hybridized carbons (Fsp3) is 1.00. The summed E-state index contributed by atoms with van der Waals surface area (Å²) in [6.07, 6.45) is 10.0. The largest absolute Gasteiger partial charge is 0.400 e. The Morgan fingerprint density at radius 3 is 2.29 bits per heavy atom. The zero-order chi connectivity index (χ0) is 10.2. The SMILES string of the molecule is CO[SiH](CCCCC1CCCC1)OC. The van der Waals surface area contributed by atoms with Gasteiger partial charge in [-0.15, -0.1) is 0 Å². The highest BCUT2D eigenvalue weighted by Gasteiger charge is 2.15. The Morgan fingerprint density at radius 2 is 1.71 bits per heavy atom. The van der Waals surface area contributed by atoms with Crippen LogP contribution < -0.4 is 0 Å². The lowest BCUT2D eigenvalue weighted by atomic mass is 10.0. The maximum absolute atomic E-state index is 5.29. The van der Waals surface area contributed by atoms with Crippen molar-refractivity contribution in [2.24, 2.45) is 5.92 Å². The molecule has 14 heavy (non-hydrogen) atoms. The minimum absolute atomic E-state index is 1.04. The van der Waals surface area contributed by atoms with Crippen LogP contribution in [0.1, 0.15) is 44.9 Å². The van der Waals surface area contributed by atoms with E-state index in [1.165, 1.54) is 51.0 Å². The van der Waals surface area contributed by atoms with Crippen LogP contribution in [0.15, 0.2) is 0 Å². The van der Waals surface area contributed by atoms with E-state index in [9.17, 15) is 0 Å². The Bertz CT molecular complexity index is 127. The zero-order valence-corrected chi connectivity index (χ0v) is 10.8. The van der Waals surface area contributed by atoms with Gasteiger partial charge in [-0.1, -0.05) is 44.9 Å². The Labute approximate surface area is 89.8 Å². The molecule has 0 aromatic rings. The average Bonchev–Trinajstić information content (AvgIpc) is 2.71. The Kier molecular flexibility index (Phi) is 6.48. The standard InChI is InChI=1S/C11H24O2Si/c1-12-14(13-2)10-6-5-9-11-7-3-4-8-11/h11,14H,3-10H2,1-2H3. The molecule has 0 aromatic carbocycles. The van der Waals surface area contributed by atoms with Gasteiger partial charge in [0.15, 0.2) is 0 Å². The molecule has 1 aliphatic rings. The number of hydrogen-bond acceptors (Lipinski definition) is 2. The first-order valence-electron chi connectivity index (χ1n) is 5.92. The van der Waals surface area contributed by atoms with Gasteiger partial charge in [-0.25, -0.2) is 0 Å². The van der Waals surface area contributed by atoms with Crippen LogP contribution in [0, 0.1) is 5.92 Å². The van der Waals surface area contributed by atoms with Gasteiger partial charge in [-0.05, 0) is 12.0 Å². The van der Waals surface area contributed by atoms with Crippen molar-refractivity contribution in [2.45, 2.75) is 51.0 Å². The van der Waals surface area contributed by atoms with E-state index < -0.39 is 9.28 Å². The van der Waals surface area contributed by atoms with Gasteiger partial charge in [0, 0.05) is 14.2 Å². The third kappa shape index (κ3) is 4.58. The monoisotopic (exact) mass is 216 g/mol. The van der Waals surface area contributed by atoms with Gasteiger partial charge in [0.1, 0.15) is 0 Å². The fourth-order valence-electron chi connectivity index (χ4n) is 2.37. The third-order valence-corrected chi connectivity index (χ3v) is 5.23. The second kappa shape index (κ2) is 7.43. The van der Waals surface area contributed by atoms with E-state index in [1.807, 2.05) is 0 Å². The summed E-state index contributed by atoms with van der Waals surface area (Å²) in [6.45, 7) is 0. The lowest BCUT2D eigenvalue weighted by Gasteiger charge is -2.11. The smallest absolute Gasteiger partial charge is 0.320 e.